The van der Waals surface area contributed by atoms with Crippen molar-refractivity contribution in [2.75, 3.05) is 13.2 Å². The van der Waals surface area contributed by atoms with E-state index in [1.54, 1.807) is 0 Å². The number of aryl methyl sites for hydroxylation is 1. The van der Waals surface area contributed by atoms with Crippen molar-refractivity contribution < 1.29 is 14.6 Å². The lowest BCUT2D eigenvalue weighted by Gasteiger charge is -2.28. The highest BCUT2D eigenvalue weighted by Gasteiger charge is 2.25. The standard InChI is InChI=1S/C15H21NO3/c1-2-3-11-4-6-12(7-5-11)15(18)16-13-8-9-19-10-14(13)17/h4-7,13-14,17H,2-3,8-10H2,1H3,(H,16,18)/t13-,14-/m1/s1. The van der Waals surface area contributed by atoms with Gasteiger partial charge in [-0.15, -0.1) is 0 Å². The SMILES string of the molecule is CCCc1ccc(C(=O)N[C@@H]2CCOC[C@H]2O)cc1. The fourth-order valence-corrected chi connectivity index (χ4v) is 2.25. The Morgan fingerprint density at radius 1 is 1.42 bits per heavy atom. The number of benzene rings is 1. The molecular weight excluding hydrogens is 242 g/mol. The Morgan fingerprint density at radius 2 is 2.16 bits per heavy atom. The largest absolute Gasteiger partial charge is 0.389 e. The molecule has 1 fully saturated rings. The molecule has 104 valence electrons. The van der Waals surface area contributed by atoms with Gasteiger partial charge >= 0.3 is 0 Å². The second-order valence-corrected chi connectivity index (χ2v) is 4.96. The maximum atomic E-state index is 12.1. The van der Waals surface area contributed by atoms with Gasteiger partial charge in [-0.25, -0.2) is 0 Å². The van der Waals surface area contributed by atoms with E-state index >= 15 is 0 Å². The molecule has 2 N–H and O–H groups in total. The topological polar surface area (TPSA) is 58.6 Å². The van der Waals surface area contributed by atoms with Crippen molar-refractivity contribution in [3.05, 3.63) is 35.4 Å². The van der Waals surface area contributed by atoms with E-state index in [0.29, 0.717) is 25.2 Å². The third-order valence-corrected chi connectivity index (χ3v) is 3.40. The molecular formula is C15H21NO3. The number of hydrogen-bond acceptors (Lipinski definition) is 3. The van der Waals surface area contributed by atoms with E-state index in [4.69, 9.17) is 4.74 Å². The van der Waals surface area contributed by atoms with Crippen LogP contribution in [0.1, 0.15) is 35.7 Å². The van der Waals surface area contributed by atoms with Gasteiger partial charge in [0, 0.05) is 12.2 Å². The number of carbonyl (C=O) groups is 1. The summed E-state index contributed by atoms with van der Waals surface area (Å²) in [6.45, 7) is 3.00. The molecule has 1 aliphatic heterocycles. The van der Waals surface area contributed by atoms with Crippen LogP contribution in [0.15, 0.2) is 24.3 Å². The Balaban J connectivity index is 1.95. The van der Waals surface area contributed by atoms with Gasteiger partial charge in [0.15, 0.2) is 0 Å². The number of carbonyl (C=O) groups excluding carboxylic acids is 1. The number of nitrogens with one attached hydrogen (secondary N) is 1. The van der Waals surface area contributed by atoms with Crippen molar-refractivity contribution >= 4 is 5.91 Å². The summed E-state index contributed by atoms with van der Waals surface area (Å²) >= 11 is 0. The number of amides is 1. The lowest BCUT2D eigenvalue weighted by atomic mass is 10.0. The highest BCUT2D eigenvalue weighted by molar-refractivity contribution is 5.94. The van der Waals surface area contributed by atoms with E-state index in [1.165, 1.54) is 5.56 Å². The van der Waals surface area contributed by atoms with Gasteiger partial charge in [-0.3, -0.25) is 4.79 Å². The van der Waals surface area contributed by atoms with E-state index in [0.717, 1.165) is 12.8 Å². The van der Waals surface area contributed by atoms with Crippen molar-refractivity contribution in [3.63, 3.8) is 0 Å². The molecule has 0 unspecified atom stereocenters. The number of ether oxygens (including phenoxy) is 1. The molecule has 1 heterocycles. The Morgan fingerprint density at radius 3 is 2.79 bits per heavy atom. The van der Waals surface area contributed by atoms with Gasteiger partial charge in [-0.1, -0.05) is 25.5 Å². The minimum absolute atomic E-state index is 0.131. The Bertz CT molecular complexity index is 416. The monoisotopic (exact) mass is 263 g/mol. The van der Waals surface area contributed by atoms with E-state index in [9.17, 15) is 9.90 Å². The molecule has 19 heavy (non-hydrogen) atoms. The summed E-state index contributed by atoms with van der Waals surface area (Å²) in [5.74, 6) is -0.131. The smallest absolute Gasteiger partial charge is 0.251 e. The van der Waals surface area contributed by atoms with Gasteiger partial charge < -0.3 is 15.2 Å². The van der Waals surface area contributed by atoms with Crippen LogP contribution in [0.2, 0.25) is 0 Å². The van der Waals surface area contributed by atoms with Crippen LogP contribution in [-0.2, 0) is 11.2 Å². The third kappa shape index (κ3) is 3.78. The van der Waals surface area contributed by atoms with Gasteiger partial charge in [0.1, 0.15) is 0 Å². The van der Waals surface area contributed by atoms with E-state index in [2.05, 4.69) is 12.2 Å². The van der Waals surface area contributed by atoms with Crippen molar-refractivity contribution in [1.29, 1.82) is 0 Å². The number of hydrogen-bond donors (Lipinski definition) is 2. The highest BCUT2D eigenvalue weighted by atomic mass is 16.5. The molecule has 1 aromatic carbocycles. The molecule has 2 atom stereocenters. The van der Waals surface area contributed by atoms with Crippen LogP contribution < -0.4 is 5.32 Å². The van der Waals surface area contributed by atoms with Crippen LogP contribution in [0, 0.1) is 0 Å². The second kappa shape index (κ2) is 6.68. The summed E-state index contributed by atoms with van der Waals surface area (Å²) < 4.78 is 5.14. The van der Waals surface area contributed by atoms with Crippen LogP contribution >= 0.6 is 0 Å². The third-order valence-electron chi connectivity index (χ3n) is 3.40. The minimum Gasteiger partial charge on any atom is -0.389 e. The minimum atomic E-state index is -0.614. The molecule has 1 amide bonds. The summed E-state index contributed by atoms with van der Waals surface area (Å²) in [4.78, 5) is 12.1. The lowest BCUT2D eigenvalue weighted by Crippen LogP contribution is -2.48. The normalized spacial score (nSPS) is 23.1. The van der Waals surface area contributed by atoms with Crippen LogP contribution in [0.3, 0.4) is 0 Å². The van der Waals surface area contributed by atoms with Crippen molar-refractivity contribution in [2.45, 2.75) is 38.3 Å². The van der Waals surface area contributed by atoms with Crippen LogP contribution in [0.4, 0.5) is 0 Å². The molecule has 0 aliphatic carbocycles. The molecule has 4 heteroatoms. The first-order valence-corrected chi connectivity index (χ1v) is 6.86. The summed E-state index contributed by atoms with van der Waals surface area (Å²) in [5.41, 5.74) is 1.88. The maximum Gasteiger partial charge on any atom is 0.251 e. The highest BCUT2D eigenvalue weighted by Crippen LogP contribution is 2.10. The van der Waals surface area contributed by atoms with Crippen LogP contribution in [0.5, 0.6) is 0 Å². The second-order valence-electron chi connectivity index (χ2n) is 4.96. The Hall–Kier alpha value is -1.39. The summed E-state index contributed by atoms with van der Waals surface area (Å²) in [5, 5.41) is 12.6. The quantitative estimate of drug-likeness (QED) is 0.866. The molecule has 0 bridgehead atoms. The Kier molecular flexibility index (Phi) is 4.93. The molecule has 0 spiro atoms. The Labute approximate surface area is 113 Å². The average Bonchev–Trinajstić information content (AvgIpc) is 2.42. The first-order valence-electron chi connectivity index (χ1n) is 6.86. The zero-order valence-electron chi connectivity index (χ0n) is 11.3. The molecule has 2 rings (SSSR count). The van der Waals surface area contributed by atoms with Crippen LogP contribution in [0.25, 0.3) is 0 Å². The predicted molar refractivity (Wildman–Crippen MR) is 73.1 cm³/mol. The molecule has 0 radical (unpaired) electrons. The maximum absolute atomic E-state index is 12.1. The van der Waals surface area contributed by atoms with Gasteiger partial charge in [0.2, 0.25) is 0 Å². The zero-order chi connectivity index (χ0) is 13.7. The van der Waals surface area contributed by atoms with Crippen molar-refractivity contribution in [3.8, 4) is 0 Å². The molecule has 0 saturated carbocycles. The molecule has 1 saturated heterocycles. The summed E-state index contributed by atoms with van der Waals surface area (Å²) in [6, 6.07) is 7.44. The van der Waals surface area contributed by atoms with E-state index in [1.807, 2.05) is 24.3 Å². The average molecular weight is 263 g/mol. The molecule has 4 nitrogen and oxygen atoms in total. The predicted octanol–water partition coefficient (Wildman–Crippen LogP) is 1.52. The molecule has 1 aliphatic rings. The first kappa shape index (κ1) is 14.0. The van der Waals surface area contributed by atoms with Crippen molar-refractivity contribution in [2.24, 2.45) is 0 Å². The first-order chi connectivity index (χ1) is 9.20. The molecule has 0 aromatic heterocycles. The van der Waals surface area contributed by atoms with Gasteiger partial charge in [0.05, 0.1) is 18.8 Å². The molecule has 1 aromatic rings. The van der Waals surface area contributed by atoms with Gasteiger partial charge in [-0.05, 0) is 30.5 Å². The fourth-order valence-electron chi connectivity index (χ4n) is 2.25. The van der Waals surface area contributed by atoms with Crippen LogP contribution in [-0.4, -0.2) is 36.4 Å². The number of aliphatic hydroxyl groups is 1. The summed E-state index contributed by atoms with van der Waals surface area (Å²) in [6.07, 6.45) is 2.17. The van der Waals surface area contributed by atoms with Gasteiger partial charge in [0.25, 0.3) is 5.91 Å². The van der Waals surface area contributed by atoms with Crippen molar-refractivity contribution in [1.82, 2.24) is 5.32 Å². The summed E-state index contributed by atoms with van der Waals surface area (Å²) in [7, 11) is 0. The fraction of sp³-hybridized carbons (Fsp3) is 0.533. The number of aliphatic hydroxyl groups excluding tert-OH is 1. The van der Waals surface area contributed by atoms with Gasteiger partial charge in [-0.2, -0.15) is 0 Å². The number of rotatable bonds is 4. The van der Waals surface area contributed by atoms with E-state index in [-0.39, 0.29) is 11.9 Å². The zero-order valence-corrected chi connectivity index (χ0v) is 11.3. The lowest BCUT2D eigenvalue weighted by molar-refractivity contribution is -0.0260. The van der Waals surface area contributed by atoms with E-state index < -0.39 is 6.10 Å².